The predicted octanol–water partition coefficient (Wildman–Crippen LogP) is 5.35. The van der Waals surface area contributed by atoms with Crippen molar-refractivity contribution in [2.45, 2.75) is 67.2 Å². The molecule has 0 spiro atoms. The molecular weight excluding hydrogens is 336 g/mol. The number of carboxylic acids is 1. The van der Waals surface area contributed by atoms with Gasteiger partial charge >= 0.3 is 5.97 Å². The van der Waals surface area contributed by atoms with Crippen LogP contribution in [-0.2, 0) is 0 Å². The van der Waals surface area contributed by atoms with Crippen LogP contribution in [0.25, 0.3) is 5.57 Å². The van der Waals surface area contributed by atoms with Crippen LogP contribution in [0.3, 0.4) is 0 Å². The van der Waals surface area contributed by atoms with Crippen molar-refractivity contribution >= 4 is 11.5 Å². The van der Waals surface area contributed by atoms with E-state index in [1.54, 1.807) is 12.1 Å². The number of aromatic carboxylic acids is 1. The Morgan fingerprint density at radius 2 is 1.74 bits per heavy atom. The Kier molecular flexibility index (Phi) is 13.5. The molecule has 0 aliphatic carbocycles. The molecule has 3 N–H and O–H groups in total. The molecule has 1 saturated heterocycles. The molecule has 2 rings (SSSR count). The lowest BCUT2D eigenvalue weighted by molar-refractivity contribution is 0.0697. The molecule has 27 heavy (non-hydrogen) atoms. The maximum atomic E-state index is 10.9. The molecule has 1 heterocycles. The summed E-state index contributed by atoms with van der Waals surface area (Å²) >= 11 is 0. The number of carboxylic acid groups (broad SMARTS) is 1. The van der Waals surface area contributed by atoms with Gasteiger partial charge in [-0.3, -0.25) is 0 Å². The van der Waals surface area contributed by atoms with Crippen molar-refractivity contribution in [2.24, 2.45) is 5.73 Å². The lowest BCUT2D eigenvalue weighted by Gasteiger charge is -2.25. The van der Waals surface area contributed by atoms with E-state index < -0.39 is 5.97 Å². The molecule has 0 bridgehead atoms. The van der Waals surface area contributed by atoms with Crippen LogP contribution in [0.2, 0.25) is 0 Å². The maximum absolute atomic E-state index is 10.9. The zero-order valence-electron chi connectivity index (χ0n) is 18.3. The fraction of sp³-hybridized carbons (Fsp3) is 0.609. The van der Waals surface area contributed by atoms with Gasteiger partial charge in [0.1, 0.15) is 0 Å². The number of hydrogen-bond acceptors (Lipinski definition) is 3. The number of carbonyl (C=O) groups is 1. The second kappa shape index (κ2) is 14.4. The van der Waals surface area contributed by atoms with Gasteiger partial charge in [-0.05, 0) is 82.0 Å². The van der Waals surface area contributed by atoms with Crippen molar-refractivity contribution in [1.82, 2.24) is 4.90 Å². The van der Waals surface area contributed by atoms with Crippen LogP contribution in [0.15, 0.2) is 23.8 Å². The molecule has 1 aliphatic rings. The number of nitrogens with two attached hydrogens (primary N) is 1. The third-order valence-corrected chi connectivity index (χ3v) is 4.95. The van der Waals surface area contributed by atoms with Gasteiger partial charge in [0.25, 0.3) is 0 Å². The third kappa shape index (κ3) is 9.21. The summed E-state index contributed by atoms with van der Waals surface area (Å²) in [5.41, 5.74) is 10.4. The summed E-state index contributed by atoms with van der Waals surface area (Å²) in [7, 11) is 0. The molecule has 0 radical (unpaired) electrons. The predicted molar refractivity (Wildman–Crippen MR) is 117 cm³/mol. The number of benzene rings is 1. The number of likely N-dealkylation sites (tertiary alicyclic amines) is 1. The van der Waals surface area contributed by atoms with E-state index in [-0.39, 0.29) is 0 Å². The van der Waals surface area contributed by atoms with E-state index in [9.17, 15) is 4.79 Å². The summed E-state index contributed by atoms with van der Waals surface area (Å²) in [6.07, 6.45) is 5.16. The van der Waals surface area contributed by atoms with Gasteiger partial charge in [0.2, 0.25) is 0 Å². The molecule has 1 fully saturated rings. The fourth-order valence-corrected chi connectivity index (χ4v) is 3.02. The van der Waals surface area contributed by atoms with Gasteiger partial charge in [-0.15, -0.1) is 0 Å². The van der Waals surface area contributed by atoms with Crippen molar-refractivity contribution in [1.29, 1.82) is 0 Å². The van der Waals surface area contributed by atoms with Crippen molar-refractivity contribution in [3.63, 3.8) is 0 Å². The molecule has 0 amide bonds. The smallest absolute Gasteiger partial charge is 0.335 e. The quantitative estimate of drug-likeness (QED) is 0.726. The largest absolute Gasteiger partial charge is 0.478 e. The number of nitrogens with zero attached hydrogens (tertiary/aromatic N) is 1. The molecular formula is C23H40N2O2. The van der Waals surface area contributed by atoms with Crippen LogP contribution in [0.1, 0.15) is 81.8 Å². The van der Waals surface area contributed by atoms with Gasteiger partial charge in [-0.2, -0.15) is 0 Å². The highest BCUT2D eigenvalue weighted by Gasteiger charge is 2.09. The van der Waals surface area contributed by atoms with Gasteiger partial charge in [-0.25, -0.2) is 4.79 Å². The highest BCUT2D eigenvalue weighted by Crippen LogP contribution is 2.24. The summed E-state index contributed by atoms with van der Waals surface area (Å²) in [6, 6.07) is 5.27. The Balaban J connectivity index is 0.000000519. The van der Waals surface area contributed by atoms with E-state index in [4.69, 9.17) is 10.8 Å². The fourth-order valence-electron chi connectivity index (χ4n) is 3.02. The van der Waals surface area contributed by atoms with Crippen LogP contribution in [0, 0.1) is 6.92 Å². The normalized spacial score (nSPS) is 14.9. The second-order valence-corrected chi connectivity index (χ2v) is 6.78. The summed E-state index contributed by atoms with van der Waals surface area (Å²) in [5.74, 6) is -0.872. The molecule has 1 aromatic rings. The maximum Gasteiger partial charge on any atom is 0.335 e. The number of piperidine rings is 1. The lowest BCUT2D eigenvalue weighted by Crippen LogP contribution is -2.33. The van der Waals surface area contributed by atoms with Gasteiger partial charge < -0.3 is 15.7 Å². The first-order chi connectivity index (χ1) is 12.9. The minimum absolute atomic E-state index is 0.351. The van der Waals surface area contributed by atoms with Crippen molar-refractivity contribution in [3.05, 3.63) is 40.5 Å². The van der Waals surface area contributed by atoms with E-state index in [0.29, 0.717) is 5.56 Å². The van der Waals surface area contributed by atoms with Crippen LogP contribution < -0.4 is 5.73 Å². The monoisotopic (exact) mass is 376 g/mol. The number of hydrogen-bond donors (Lipinski definition) is 2. The molecule has 0 unspecified atom stereocenters. The van der Waals surface area contributed by atoms with Gasteiger partial charge in [-0.1, -0.05) is 38.8 Å². The highest BCUT2D eigenvalue weighted by molar-refractivity contribution is 5.89. The molecule has 0 atom stereocenters. The number of rotatable bonds is 5. The Labute approximate surface area is 166 Å². The number of aryl methyl sites for hydroxylation is 1. The Hall–Kier alpha value is -1.65. The second-order valence-electron chi connectivity index (χ2n) is 6.78. The van der Waals surface area contributed by atoms with Gasteiger partial charge in [0.05, 0.1) is 5.56 Å². The first-order valence-corrected chi connectivity index (χ1v) is 10.3. The molecule has 0 saturated carbocycles. The van der Waals surface area contributed by atoms with E-state index in [1.807, 2.05) is 33.8 Å². The SMILES string of the molecule is CC.CC/C(C)=C(/C)c1cc(C(=O)O)ccc1C.NCCN1CCCCC1. The topological polar surface area (TPSA) is 66.6 Å². The van der Waals surface area contributed by atoms with Crippen molar-refractivity contribution in [3.8, 4) is 0 Å². The lowest BCUT2D eigenvalue weighted by atomic mass is 9.95. The molecule has 1 aliphatic heterocycles. The van der Waals surface area contributed by atoms with Gasteiger partial charge in [0.15, 0.2) is 0 Å². The standard InChI is InChI=1S/C14H18O2.C7H16N2.C2H6/c1-5-9(2)11(4)13-8-12(14(15)16)7-6-10(13)3;8-4-7-9-5-2-1-3-6-9;1-2/h6-8H,5H2,1-4H3,(H,15,16);1-8H2;1-2H3/b11-9-;;. The van der Waals surface area contributed by atoms with E-state index in [0.717, 1.165) is 30.6 Å². The van der Waals surface area contributed by atoms with Crippen LogP contribution in [0.4, 0.5) is 0 Å². The third-order valence-electron chi connectivity index (χ3n) is 4.95. The van der Waals surface area contributed by atoms with E-state index in [1.165, 1.54) is 43.5 Å². The Bertz CT molecular complexity index is 585. The van der Waals surface area contributed by atoms with Crippen LogP contribution in [-0.4, -0.2) is 42.2 Å². The van der Waals surface area contributed by atoms with Crippen molar-refractivity contribution < 1.29 is 9.90 Å². The summed E-state index contributed by atoms with van der Waals surface area (Å²) in [6.45, 7) is 16.7. The average Bonchev–Trinajstić information content (AvgIpc) is 2.70. The first-order valence-electron chi connectivity index (χ1n) is 10.3. The van der Waals surface area contributed by atoms with E-state index in [2.05, 4.69) is 18.7 Å². The first kappa shape index (κ1) is 25.4. The molecule has 1 aromatic carbocycles. The van der Waals surface area contributed by atoms with E-state index >= 15 is 0 Å². The number of allylic oxidation sites excluding steroid dienone is 2. The summed E-state index contributed by atoms with van der Waals surface area (Å²) < 4.78 is 0. The Morgan fingerprint density at radius 3 is 2.22 bits per heavy atom. The molecule has 0 aromatic heterocycles. The summed E-state index contributed by atoms with van der Waals surface area (Å²) in [4.78, 5) is 13.4. The van der Waals surface area contributed by atoms with Crippen molar-refractivity contribution in [2.75, 3.05) is 26.2 Å². The van der Waals surface area contributed by atoms with Crippen LogP contribution in [0.5, 0.6) is 0 Å². The molecule has 154 valence electrons. The molecule has 4 nitrogen and oxygen atoms in total. The zero-order chi connectivity index (χ0) is 20.8. The van der Waals surface area contributed by atoms with Gasteiger partial charge in [0, 0.05) is 13.1 Å². The zero-order valence-corrected chi connectivity index (χ0v) is 18.3. The summed E-state index contributed by atoms with van der Waals surface area (Å²) in [5, 5.41) is 8.96. The van der Waals surface area contributed by atoms with Crippen LogP contribution >= 0.6 is 0 Å². The molecule has 4 heteroatoms. The Morgan fingerprint density at radius 1 is 1.15 bits per heavy atom. The highest BCUT2D eigenvalue weighted by atomic mass is 16.4. The average molecular weight is 377 g/mol. The minimum atomic E-state index is -0.872. The minimum Gasteiger partial charge on any atom is -0.478 e.